The second-order valence-corrected chi connectivity index (χ2v) is 5.82. The van der Waals surface area contributed by atoms with Crippen LogP contribution in [0.5, 0.6) is 5.75 Å². The number of hydrogen-bond acceptors (Lipinski definition) is 3. The molecule has 4 N–H and O–H groups in total. The smallest absolute Gasteiger partial charge is 0.224 e. The average molecular weight is 285 g/mol. The van der Waals surface area contributed by atoms with E-state index in [4.69, 9.17) is 17.3 Å². The second-order valence-electron chi connectivity index (χ2n) is 5.42. The lowest BCUT2D eigenvalue weighted by atomic mass is 9.84. The average Bonchev–Trinajstić information content (AvgIpc) is 2.32. The van der Waals surface area contributed by atoms with Crippen LogP contribution in [0.4, 0.5) is 5.69 Å². The standard InChI is InChI=1S/C14H21ClN2O2/c1-14(2,7-8-16)6-5-13(19)17-10-3-4-12(18)11(15)9-10/h3-4,9,18H,5-8,16H2,1-2H3,(H,17,19). The van der Waals surface area contributed by atoms with Crippen molar-refractivity contribution < 1.29 is 9.90 Å². The Morgan fingerprint density at radius 1 is 1.42 bits per heavy atom. The Kier molecular flexibility index (Phi) is 5.63. The molecule has 0 aliphatic rings. The highest BCUT2D eigenvalue weighted by atomic mass is 35.5. The van der Waals surface area contributed by atoms with E-state index in [2.05, 4.69) is 19.2 Å². The van der Waals surface area contributed by atoms with Crippen LogP contribution in [-0.2, 0) is 4.79 Å². The highest BCUT2D eigenvalue weighted by Crippen LogP contribution is 2.28. The normalized spacial score (nSPS) is 11.4. The number of carbonyl (C=O) groups is 1. The molecule has 0 aromatic heterocycles. The predicted molar refractivity (Wildman–Crippen MR) is 78.4 cm³/mol. The third-order valence-electron chi connectivity index (χ3n) is 3.08. The van der Waals surface area contributed by atoms with Gasteiger partial charge in [-0.05, 0) is 43.0 Å². The molecule has 0 spiro atoms. The molecule has 0 saturated heterocycles. The van der Waals surface area contributed by atoms with E-state index in [0.717, 1.165) is 12.8 Å². The number of rotatable bonds is 6. The zero-order valence-electron chi connectivity index (χ0n) is 11.4. The van der Waals surface area contributed by atoms with Crippen molar-refractivity contribution in [1.82, 2.24) is 0 Å². The molecule has 1 aromatic carbocycles. The summed E-state index contributed by atoms with van der Waals surface area (Å²) in [5.74, 6) is -0.0596. The van der Waals surface area contributed by atoms with Crippen molar-refractivity contribution in [3.63, 3.8) is 0 Å². The fourth-order valence-electron chi connectivity index (χ4n) is 1.78. The van der Waals surface area contributed by atoms with Crippen molar-refractivity contribution in [3.05, 3.63) is 23.2 Å². The van der Waals surface area contributed by atoms with Crippen LogP contribution in [0, 0.1) is 5.41 Å². The first kappa shape index (κ1) is 15.8. The van der Waals surface area contributed by atoms with Crippen molar-refractivity contribution in [2.75, 3.05) is 11.9 Å². The molecule has 0 fully saturated rings. The summed E-state index contributed by atoms with van der Waals surface area (Å²) in [6, 6.07) is 4.60. The summed E-state index contributed by atoms with van der Waals surface area (Å²) >= 11 is 5.77. The van der Waals surface area contributed by atoms with Crippen molar-refractivity contribution >= 4 is 23.2 Å². The Morgan fingerprint density at radius 3 is 2.68 bits per heavy atom. The van der Waals surface area contributed by atoms with E-state index < -0.39 is 0 Å². The van der Waals surface area contributed by atoms with Crippen LogP contribution in [0.3, 0.4) is 0 Å². The summed E-state index contributed by atoms with van der Waals surface area (Å²) in [6.07, 6.45) is 2.11. The van der Waals surface area contributed by atoms with Crippen LogP contribution < -0.4 is 11.1 Å². The summed E-state index contributed by atoms with van der Waals surface area (Å²) in [5.41, 5.74) is 6.19. The molecule has 0 saturated carbocycles. The summed E-state index contributed by atoms with van der Waals surface area (Å²) in [6.45, 7) is 4.83. The van der Waals surface area contributed by atoms with Crippen LogP contribution in [-0.4, -0.2) is 17.6 Å². The summed E-state index contributed by atoms with van der Waals surface area (Å²) in [7, 11) is 0. The van der Waals surface area contributed by atoms with E-state index in [1.165, 1.54) is 12.1 Å². The third kappa shape index (κ3) is 5.49. The molecule has 4 nitrogen and oxygen atoms in total. The van der Waals surface area contributed by atoms with Gasteiger partial charge in [0.25, 0.3) is 0 Å². The third-order valence-corrected chi connectivity index (χ3v) is 3.38. The Morgan fingerprint density at radius 2 is 2.11 bits per heavy atom. The first-order chi connectivity index (χ1) is 8.84. The zero-order valence-corrected chi connectivity index (χ0v) is 12.1. The predicted octanol–water partition coefficient (Wildman–Crippen LogP) is 3.14. The van der Waals surface area contributed by atoms with E-state index in [1.807, 2.05) is 0 Å². The van der Waals surface area contributed by atoms with Gasteiger partial charge in [0.15, 0.2) is 0 Å². The summed E-state index contributed by atoms with van der Waals surface area (Å²) < 4.78 is 0. The summed E-state index contributed by atoms with van der Waals surface area (Å²) in [5, 5.41) is 12.3. The van der Waals surface area contributed by atoms with Gasteiger partial charge in [-0.15, -0.1) is 0 Å². The van der Waals surface area contributed by atoms with Gasteiger partial charge in [-0.3, -0.25) is 4.79 Å². The van der Waals surface area contributed by atoms with Crippen molar-refractivity contribution in [2.24, 2.45) is 11.1 Å². The van der Waals surface area contributed by atoms with Gasteiger partial charge in [0.05, 0.1) is 5.02 Å². The molecule has 5 heteroatoms. The van der Waals surface area contributed by atoms with Crippen LogP contribution >= 0.6 is 11.6 Å². The molecule has 1 rings (SSSR count). The van der Waals surface area contributed by atoms with E-state index in [9.17, 15) is 9.90 Å². The number of phenolic OH excluding ortho intramolecular Hbond substituents is 1. The molecule has 0 bridgehead atoms. The maximum Gasteiger partial charge on any atom is 0.224 e. The zero-order chi connectivity index (χ0) is 14.5. The number of phenols is 1. The molecular formula is C14H21ClN2O2. The van der Waals surface area contributed by atoms with Gasteiger partial charge in [-0.2, -0.15) is 0 Å². The molecule has 1 amide bonds. The van der Waals surface area contributed by atoms with Crippen LogP contribution in [0.1, 0.15) is 33.1 Å². The molecule has 0 atom stereocenters. The maximum atomic E-state index is 11.8. The van der Waals surface area contributed by atoms with Gasteiger partial charge in [-0.1, -0.05) is 25.4 Å². The van der Waals surface area contributed by atoms with Gasteiger partial charge >= 0.3 is 0 Å². The number of benzene rings is 1. The number of nitrogens with two attached hydrogens (primary N) is 1. The largest absolute Gasteiger partial charge is 0.506 e. The molecule has 1 aromatic rings. The lowest BCUT2D eigenvalue weighted by Gasteiger charge is -2.23. The number of hydrogen-bond donors (Lipinski definition) is 3. The fourth-order valence-corrected chi connectivity index (χ4v) is 1.96. The number of carbonyl (C=O) groups excluding carboxylic acids is 1. The van der Waals surface area contributed by atoms with Crippen LogP contribution in [0.15, 0.2) is 18.2 Å². The van der Waals surface area contributed by atoms with Gasteiger partial charge < -0.3 is 16.2 Å². The van der Waals surface area contributed by atoms with E-state index >= 15 is 0 Å². The highest BCUT2D eigenvalue weighted by Gasteiger charge is 2.18. The first-order valence-electron chi connectivity index (χ1n) is 6.32. The van der Waals surface area contributed by atoms with Gasteiger partial charge in [0, 0.05) is 12.1 Å². The number of halogens is 1. The van der Waals surface area contributed by atoms with Gasteiger partial charge in [0.1, 0.15) is 5.75 Å². The molecule has 0 aliphatic heterocycles. The minimum atomic E-state index is -0.0631. The van der Waals surface area contributed by atoms with Crippen molar-refractivity contribution in [3.8, 4) is 5.75 Å². The highest BCUT2D eigenvalue weighted by molar-refractivity contribution is 6.32. The quantitative estimate of drug-likeness (QED) is 0.703. The Labute approximate surface area is 118 Å². The monoisotopic (exact) mass is 284 g/mol. The SMILES string of the molecule is CC(C)(CCN)CCC(=O)Nc1ccc(O)c(Cl)c1. The maximum absolute atomic E-state index is 11.8. The van der Waals surface area contributed by atoms with E-state index in [1.54, 1.807) is 6.07 Å². The minimum absolute atomic E-state index is 0.00347. The molecule has 19 heavy (non-hydrogen) atoms. The second kappa shape index (κ2) is 6.78. The molecule has 0 radical (unpaired) electrons. The van der Waals surface area contributed by atoms with Crippen LogP contribution in [0.2, 0.25) is 5.02 Å². The van der Waals surface area contributed by atoms with Crippen molar-refractivity contribution in [2.45, 2.75) is 33.1 Å². The Bertz CT molecular complexity index is 447. The van der Waals surface area contributed by atoms with Gasteiger partial charge in [0.2, 0.25) is 5.91 Å². The molecular weight excluding hydrogens is 264 g/mol. The molecule has 106 valence electrons. The number of aromatic hydroxyl groups is 1. The lowest BCUT2D eigenvalue weighted by molar-refractivity contribution is -0.116. The topological polar surface area (TPSA) is 75.4 Å². The number of amides is 1. The van der Waals surface area contributed by atoms with E-state index in [0.29, 0.717) is 18.7 Å². The van der Waals surface area contributed by atoms with Crippen LogP contribution in [0.25, 0.3) is 0 Å². The van der Waals surface area contributed by atoms with E-state index in [-0.39, 0.29) is 22.1 Å². The Hall–Kier alpha value is -1.26. The van der Waals surface area contributed by atoms with Gasteiger partial charge in [-0.25, -0.2) is 0 Å². The first-order valence-corrected chi connectivity index (χ1v) is 6.70. The minimum Gasteiger partial charge on any atom is -0.506 e. The van der Waals surface area contributed by atoms with Crippen molar-refractivity contribution in [1.29, 1.82) is 0 Å². The fraction of sp³-hybridized carbons (Fsp3) is 0.500. The Balaban J connectivity index is 2.49. The number of anilines is 1. The molecule has 0 heterocycles. The number of nitrogens with one attached hydrogen (secondary N) is 1. The summed E-state index contributed by atoms with van der Waals surface area (Å²) in [4.78, 5) is 11.8. The molecule has 0 aliphatic carbocycles. The molecule has 0 unspecified atom stereocenters. The lowest BCUT2D eigenvalue weighted by Crippen LogP contribution is -2.20.